The van der Waals surface area contributed by atoms with Crippen LogP contribution in [0.2, 0.25) is 0 Å². The van der Waals surface area contributed by atoms with Crippen LogP contribution in [0.15, 0.2) is 109 Å². The van der Waals surface area contributed by atoms with Crippen molar-refractivity contribution in [1.82, 2.24) is 5.32 Å². The predicted molar refractivity (Wildman–Crippen MR) is 305 cm³/mol. The first-order valence-electron chi connectivity index (χ1n) is 29.2. The fraction of sp³-hybridized carbons (Fsp3) is 0.683. The zero-order valence-corrected chi connectivity index (χ0v) is 46.4. The predicted octanol–water partition coefficient (Wildman–Crippen LogP) is 13.3. The normalized spacial score (nSPS) is 20.1. The number of nitrogens with one attached hydrogen (secondary N) is 1. The lowest BCUT2D eigenvalue weighted by molar-refractivity contribution is -0.305. The lowest BCUT2D eigenvalue weighted by Crippen LogP contribution is -2.61. The zero-order chi connectivity index (χ0) is 54.0. The summed E-state index contributed by atoms with van der Waals surface area (Å²) in [6.45, 7) is 5.57. The van der Waals surface area contributed by atoms with Gasteiger partial charge < -0.3 is 45.1 Å². The summed E-state index contributed by atoms with van der Waals surface area (Å²) in [4.78, 5) is 26.5. The second kappa shape index (κ2) is 50.2. The van der Waals surface area contributed by atoms with Gasteiger partial charge in [-0.1, -0.05) is 214 Å². The van der Waals surface area contributed by atoms with Gasteiger partial charge in [0.2, 0.25) is 5.91 Å². The third-order valence-corrected chi connectivity index (χ3v) is 12.9. The smallest absolute Gasteiger partial charge is 0.306 e. The van der Waals surface area contributed by atoms with E-state index < -0.39 is 67.4 Å². The SMILES string of the molecule is CC/C=C\C/C=C\C/C=C\C/C=C\C/C=C\CCC(O)C(=O)NC(COC1OC(CO)C(O)C(O)C1OC(=O)CCCCCC/C=C\C/C=C\C/C=C\CCCCC)C(O)/C=C/CCCCCCCCCCCC. The zero-order valence-electron chi connectivity index (χ0n) is 46.4. The first-order chi connectivity index (χ1) is 36.2. The number of hydrogen-bond donors (Lipinski definition) is 6. The van der Waals surface area contributed by atoms with E-state index in [1.54, 1.807) is 6.08 Å². The van der Waals surface area contributed by atoms with Crippen molar-refractivity contribution in [2.45, 2.75) is 262 Å². The van der Waals surface area contributed by atoms with E-state index in [4.69, 9.17) is 14.2 Å². The highest BCUT2D eigenvalue weighted by Gasteiger charge is 2.47. The summed E-state index contributed by atoms with van der Waals surface area (Å²) in [7, 11) is 0. The molecule has 1 saturated heterocycles. The van der Waals surface area contributed by atoms with Gasteiger partial charge in [-0.25, -0.2) is 0 Å². The first-order valence-corrected chi connectivity index (χ1v) is 29.2. The van der Waals surface area contributed by atoms with E-state index >= 15 is 0 Å². The van der Waals surface area contributed by atoms with Crippen molar-refractivity contribution in [3.8, 4) is 0 Å². The summed E-state index contributed by atoms with van der Waals surface area (Å²) in [5.74, 6) is -1.29. The Morgan fingerprint density at radius 3 is 1.49 bits per heavy atom. The van der Waals surface area contributed by atoms with Crippen molar-refractivity contribution in [2.24, 2.45) is 0 Å². The summed E-state index contributed by atoms with van der Waals surface area (Å²) < 4.78 is 17.5. The Bertz CT molecular complexity index is 1610. The van der Waals surface area contributed by atoms with E-state index in [0.29, 0.717) is 12.8 Å². The van der Waals surface area contributed by atoms with Crippen LogP contribution in [-0.4, -0.2) is 99.6 Å². The lowest BCUT2D eigenvalue weighted by atomic mass is 9.99. The molecule has 0 bridgehead atoms. The van der Waals surface area contributed by atoms with Gasteiger partial charge in [-0.05, 0) is 103 Å². The van der Waals surface area contributed by atoms with Gasteiger partial charge in [-0.15, -0.1) is 0 Å². The molecule has 0 spiro atoms. The Kier molecular flexibility index (Phi) is 46.3. The number of rotatable bonds is 47. The molecule has 11 heteroatoms. The molecule has 0 aliphatic carbocycles. The molecule has 74 heavy (non-hydrogen) atoms. The number of hydrogen-bond acceptors (Lipinski definition) is 10. The Hall–Kier alpha value is -3.68. The summed E-state index contributed by atoms with van der Waals surface area (Å²) in [5, 5.41) is 56.8. The van der Waals surface area contributed by atoms with E-state index in [0.717, 1.165) is 103 Å². The molecule has 8 unspecified atom stereocenters. The minimum Gasteiger partial charge on any atom is -0.454 e. The molecule has 1 amide bonds. The van der Waals surface area contributed by atoms with E-state index in [2.05, 4.69) is 111 Å². The molecule has 422 valence electrons. The van der Waals surface area contributed by atoms with Gasteiger partial charge in [0, 0.05) is 6.42 Å². The standard InChI is InChI=1S/C63H105NO10/c1-4-7-10-13-16-19-22-25-27-29-31-33-36-39-42-45-48-51-58(68)74-61-60(70)59(69)57(52-65)73-63(61)72-53-54(55(66)49-46-43-40-37-34-24-21-18-15-12-9-6-3)64-62(71)56(67)50-47-44-41-38-35-32-30-28-26-23-20-17-14-11-8-5-2/h8,11,16-17,19-20,25-28,31-33,35,41,44,46,49,54-57,59-61,63,65-67,69-70H,4-7,9-10,12-15,18,21-24,29-30,34,36-40,42-43,45,47-48,50-53H2,1-3H3,(H,64,71)/b11-8-,19-16-,20-17-,27-25-,28-26-,33-31-,35-32-,44-41-,49-46+. The van der Waals surface area contributed by atoms with Gasteiger partial charge in [0.1, 0.15) is 24.4 Å². The summed E-state index contributed by atoms with van der Waals surface area (Å²) >= 11 is 0. The maximum atomic E-state index is 13.4. The molecule has 1 aliphatic heterocycles. The van der Waals surface area contributed by atoms with Crippen LogP contribution in [0, 0.1) is 0 Å². The number of allylic oxidation sites excluding steroid dienone is 17. The lowest BCUT2D eigenvalue weighted by Gasteiger charge is -2.41. The summed E-state index contributed by atoms with van der Waals surface area (Å²) in [6, 6.07) is -1.06. The third-order valence-electron chi connectivity index (χ3n) is 12.9. The van der Waals surface area contributed by atoms with Crippen molar-refractivity contribution in [3.05, 3.63) is 109 Å². The fourth-order valence-corrected chi connectivity index (χ4v) is 8.28. The second-order valence-corrected chi connectivity index (χ2v) is 19.6. The Morgan fingerprint density at radius 1 is 0.541 bits per heavy atom. The molecule has 0 saturated carbocycles. The largest absolute Gasteiger partial charge is 0.454 e. The number of ether oxygens (including phenoxy) is 3. The van der Waals surface area contributed by atoms with E-state index in [9.17, 15) is 35.1 Å². The molecule has 1 aliphatic rings. The highest BCUT2D eigenvalue weighted by Crippen LogP contribution is 2.26. The van der Waals surface area contributed by atoms with E-state index in [1.807, 2.05) is 18.2 Å². The average Bonchev–Trinajstić information content (AvgIpc) is 3.40. The minimum absolute atomic E-state index is 0.0852. The Morgan fingerprint density at radius 2 is 0.973 bits per heavy atom. The Labute approximate surface area is 449 Å². The monoisotopic (exact) mass is 1040 g/mol. The number of carbonyl (C=O) groups excluding carboxylic acids is 2. The Balaban J connectivity index is 2.79. The van der Waals surface area contributed by atoms with Crippen LogP contribution in [0.5, 0.6) is 0 Å². The molecule has 8 atom stereocenters. The number of amides is 1. The van der Waals surface area contributed by atoms with Gasteiger partial charge in [0.15, 0.2) is 12.4 Å². The quantitative estimate of drug-likeness (QED) is 0.0196. The van der Waals surface area contributed by atoms with Gasteiger partial charge in [-0.2, -0.15) is 0 Å². The molecular weight excluding hydrogens is 931 g/mol. The number of esters is 1. The molecule has 11 nitrogen and oxygen atoms in total. The number of aliphatic hydroxyl groups excluding tert-OH is 5. The number of aliphatic hydroxyl groups is 5. The topological polar surface area (TPSA) is 175 Å². The molecule has 0 aromatic rings. The number of unbranched alkanes of at least 4 members (excludes halogenated alkanes) is 17. The molecular formula is C63H105NO10. The molecule has 0 aromatic heterocycles. The average molecular weight is 1040 g/mol. The van der Waals surface area contributed by atoms with Crippen molar-refractivity contribution in [3.63, 3.8) is 0 Å². The van der Waals surface area contributed by atoms with Gasteiger partial charge in [-0.3, -0.25) is 9.59 Å². The van der Waals surface area contributed by atoms with Crippen molar-refractivity contribution < 1.29 is 49.3 Å². The third kappa shape index (κ3) is 38.0. The maximum Gasteiger partial charge on any atom is 0.306 e. The first kappa shape index (κ1) is 68.3. The van der Waals surface area contributed by atoms with E-state index in [-0.39, 0.29) is 19.4 Å². The van der Waals surface area contributed by atoms with Crippen molar-refractivity contribution in [1.29, 1.82) is 0 Å². The highest BCUT2D eigenvalue weighted by molar-refractivity contribution is 5.80. The van der Waals surface area contributed by atoms with Crippen molar-refractivity contribution >= 4 is 11.9 Å². The molecule has 1 rings (SSSR count). The maximum absolute atomic E-state index is 13.4. The van der Waals surface area contributed by atoms with Crippen LogP contribution in [0.25, 0.3) is 0 Å². The summed E-state index contributed by atoms with van der Waals surface area (Å²) in [6.07, 6.45) is 57.0. The summed E-state index contributed by atoms with van der Waals surface area (Å²) in [5.41, 5.74) is 0. The van der Waals surface area contributed by atoms with Crippen LogP contribution in [0.3, 0.4) is 0 Å². The van der Waals surface area contributed by atoms with Crippen LogP contribution in [0.4, 0.5) is 0 Å². The highest BCUT2D eigenvalue weighted by atomic mass is 16.7. The molecule has 1 heterocycles. The van der Waals surface area contributed by atoms with Crippen LogP contribution in [0.1, 0.15) is 213 Å². The molecule has 0 aromatic carbocycles. The van der Waals surface area contributed by atoms with Crippen LogP contribution >= 0.6 is 0 Å². The van der Waals surface area contributed by atoms with E-state index in [1.165, 1.54) is 64.2 Å². The van der Waals surface area contributed by atoms with Crippen molar-refractivity contribution in [2.75, 3.05) is 13.2 Å². The number of carbonyl (C=O) groups is 2. The molecule has 6 N–H and O–H groups in total. The fourth-order valence-electron chi connectivity index (χ4n) is 8.28. The van der Waals surface area contributed by atoms with Gasteiger partial charge >= 0.3 is 5.97 Å². The molecule has 1 fully saturated rings. The van der Waals surface area contributed by atoms with Gasteiger partial charge in [0.05, 0.1) is 25.4 Å². The van der Waals surface area contributed by atoms with Crippen LogP contribution in [-0.2, 0) is 23.8 Å². The molecule has 0 radical (unpaired) electrons. The van der Waals surface area contributed by atoms with Gasteiger partial charge in [0.25, 0.3) is 0 Å². The second-order valence-electron chi connectivity index (χ2n) is 19.6. The van der Waals surface area contributed by atoms with Crippen LogP contribution < -0.4 is 5.32 Å². The minimum atomic E-state index is -1.64.